The summed E-state index contributed by atoms with van der Waals surface area (Å²) in [6.07, 6.45) is 4.12. The molecular weight excluding hydrogens is 436 g/mol. The van der Waals surface area contributed by atoms with E-state index < -0.39 is 5.97 Å². The molecule has 1 aliphatic heterocycles. The van der Waals surface area contributed by atoms with Crippen molar-refractivity contribution in [2.45, 2.75) is 32.6 Å². The predicted octanol–water partition coefficient (Wildman–Crippen LogP) is 2.85. The summed E-state index contributed by atoms with van der Waals surface area (Å²) in [5.41, 5.74) is 3.43. The second kappa shape index (κ2) is 7.95. The van der Waals surface area contributed by atoms with E-state index in [1.807, 2.05) is 0 Å². The summed E-state index contributed by atoms with van der Waals surface area (Å²) >= 11 is 1.19. The van der Waals surface area contributed by atoms with Crippen LogP contribution in [0.1, 0.15) is 30.9 Å². The number of benzene rings is 1. The van der Waals surface area contributed by atoms with Gasteiger partial charge in [-0.25, -0.2) is 0 Å². The Hall–Kier alpha value is -0.862. The van der Waals surface area contributed by atoms with Crippen LogP contribution in [0.3, 0.4) is 0 Å². The van der Waals surface area contributed by atoms with Gasteiger partial charge in [-0.3, -0.25) is 0 Å². The monoisotopic (exact) mass is 458 g/mol. The van der Waals surface area contributed by atoms with E-state index in [9.17, 15) is 4.79 Å². The van der Waals surface area contributed by atoms with Gasteiger partial charge in [0.25, 0.3) is 0 Å². The van der Waals surface area contributed by atoms with Crippen molar-refractivity contribution in [1.29, 1.82) is 0 Å². The van der Waals surface area contributed by atoms with E-state index in [1.165, 1.54) is 38.0 Å². The van der Waals surface area contributed by atoms with Crippen molar-refractivity contribution >= 4 is 11.7 Å². The maximum atomic E-state index is 11.0. The Morgan fingerprint density at radius 2 is 2.19 bits per heavy atom. The number of hydrogen-bond acceptors (Lipinski definition) is 3. The molecular formula is C16H22N2O2W. The van der Waals surface area contributed by atoms with E-state index in [0.29, 0.717) is 6.42 Å². The van der Waals surface area contributed by atoms with Crippen LogP contribution in [0.25, 0.3) is 0 Å². The van der Waals surface area contributed by atoms with Crippen molar-refractivity contribution in [2.24, 2.45) is 15.3 Å². The average Bonchev–Trinajstić information content (AvgIpc) is 2.49. The SMILES string of the molecule is CC(Cc1ccc(CC2CCNCC2)c([N]=[W])c1)C(=O)O. The van der Waals surface area contributed by atoms with Gasteiger partial charge in [0.05, 0.1) is 0 Å². The van der Waals surface area contributed by atoms with Crippen LogP contribution in [0.2, 0.25) is 0 Å². The second-order valence-electron chi connectivity index (χ2n) is 5.90. The molecule has 5 heteroatoms. The van der Waals surface area contributed by atoms with Crippen molar-refractivity contribution in [2.75, 3.05) is 13.1 Å². The number of nitrogens with zero attached hydrogens (tertiary/aromatic N) is 1. The number of carboxylic acid groups (broad SMARTS) is 1. The molecule has 21 heavy (non-hydrogen) atoms. The zero-order valence-electron chi connectivity index (χ0n) is 12.3. The van der Waals surface area contributed by atoms with Gasteiger partial charge in [0, 0.05) is 0 Å². The molecule has 2 N–H and O–H groups in total. The Morgan fingerprint density at radius 1 is 1.48 bits per heavy atom. The minimum atomic E-state index is -0.741. The molecule has 1 aromatic carbocycles. The van der Waals surface area contributed by atoms with E-state index in [-0.39, 0.29) is 5.92 Å². The molecule has 1 unspecified atom stereocenters. The van der Waals surface area contributed by atoms with Gasteiger partial charge < -0.3 is 0 Å². The Morgan fingerprint density at radius 3 is 2.81 bits per heavy atom. The van der Waals surface area contributed by atoms with Crippen LogP contribution in [-0.4, -0.2) is 24.2 Å². The number of piperidine rings is 1. The van der Waals surface area contributed by atoms with Gasteiger partial charge in [-0.05, 0) is 0 Å². The predicted molar refractivity (Wildman–Crippen MR) is 78.3 cm³/mol. The molecule has 1 fully saturated rings. The van der Waals surface area contributed by atoms with Crippen molar-refractivity contribution < 1.29 is 29.5 Å². The summed E-state index contributed by atoms with van der Waals surface area (Å²) in [5.74, 6) is -0.350. The van der Waals surface area contributed by atoms with E-state index in [4.69, 9.17) is 5.11 Å². The van der Waals surface area contributed by atoms with Gasteiger partial charge in [-0.2, -0.15) is 0 Å². The van der Waals surface area contributed by atoms with Gasteiger partial charge in [0.1, 0.15) is 0 Å². The van der Waals surface area contributed by atoms with Gasteiger partial charge in [0.15, 0.2) is 0 Å². The summed E-state index contributed by atoms with van der Waals surface area (Å²) in [5, 5.41) is 12.4. The molecule has 0 aliphatic carbocycles. The number of carboxylic acids is 1. The second-order valence-corrected chi connectivity index (χ2v) is 6.55. The number of hydrogen-bond donors (Lipinski definition) is 2. The fourth-order valence-electron chi connectivity index (χ4n) is 2.83. The van der Waals surface area contributed by atoms with Crippen molar-refractivity contribution in [3.8, 4) is 0 Å². The van der Waals surface area contributed by atoms with Crippen LogP contribution < -0.4 is 5.32 Å². The Labute approximate surface area is 137 Å². The maximum absolute atomic E-state index is 11.0. The summed E-state index contributed by atoms with van der Waals surface area (Å²) in [6.45, 7) is 3.98. The zero-order valence-corrected chi connectivity index (χ0v) is 15.3. The third-order valence-electron chi connectivity index (χ3n) is 4.18. The van der Waals surface area contributed by atoms with Crippen LogP contribution in [0.4, 0.5) is 5.69 Å². The number of carbonyl (C=O) groups is 1. The van der Waals surface area contributed by atoms with Crippen molar-refractivity contribution in [3.05, 3.63) is 29.3 Å². The summed E-state index contributed by atoms with van der Waals surface area (Å²) < 4.78 is 4.47. The zero-order chi connectivity index (χ0) is 15.2. The molecule has 0 aromatic heterocycles. The Bertz CT molecular complexity index is 513. The fourth-order valence-corrected chi connectivity index (χ4v) is 3.44. The van der Waals surface area contributed by atoms with Crippen LogP contribution in [0, 0.1) is 11.8 Å². The van der Waals surface area contributed by atoms with Gasteiger partial charge in [0.2, 0.25) is 0 Å². The topological polar surface area (TPSA) is 61.7 Å². The molecule has 2 rings (SSSR count). The first-order valence-electron chi connectivity index (χ1n) is 7.49. The van der Waals surface area contributed by atoms with E-state index in [2.05, 4.69) is 27.0 Å². The molecule has 1 aliphatic rings. The first-order chi connectivity index (χ1) is 10.1. The number of nitrogens with one attached hydrogen (secondary N) is 1. The molecule has 0 radical (unpaired) electrons. The molecule has 0 bridgehead atoms. The molecule has 0 spiro atoms. The van der Waals surface area contributed by atoms with Gasteiger partial charge >= 0.3 is 137 Å². The molecule has 114 valence electrons. The van der Waals surface area contributed by atoms with Crippen LogP contribution in [0.15, 0.2) is 21.7 Å². The Balaban J connectivity index is 2.08. The minimum absolute atomic E-state index is 0.350. The molecule has 0 amide bonds. The van der Waals surface area contributed by atoms with Crippen LogP contribution in [0.5, 0.6) is 0 Å². The molecule has 1 aromatic rings. The first-order valence-corrected chi connectivity index (χ1v) is 8.80. The normalized spacial score (nSPS) is 17.4. The quantitative estimate of drug-likeness (QED) is 0.690. The standard InChI is InChI=1S/C16H22N2O2.W/c1-11(16(19)20)8-13-2-3-14(15(17)10-13)9-12-4-6-18-7-5-12;/h2-3,10-12,18H,4-9H2,1H3,(H,19,20);. The summed E-state index contributed by atoms with van der Waals surface area (Å²) in [6, 6.07) is 6.29. The Kier molecular flexibility index (Phi) is 6.25. The first kappa shape index (κ1) is 16.5. The van der Waals surface area contributed by atoms with E-state index in [0.717, 1.165) is 36.7 Å². The molecule has 1 saturated heterocycles. The number of rotatable bonds is 6. The van der Waals surface area contributed by atoms with E-state index >= 15 is 0 Å². The molecule has 1 atom stereocenters. The molecule has 4 nitrogen and oxygen atoms in total. The molecule has 0 saturated carbocycles. The van der Waals surface area contributed by atoms with Gasteiger partial charge in [-0.15, -0.1) is 0 Å². The third-order valence-corrected chi connectivity index (χ3v) is 4.89. The molecule has 1 heterocycles. The third kappa shape index (κ3) is 4.82. The van der Waals surface area contributed by atoms with Crippen LogP contribution >= 0.6 is 0 Å². The summed E-state index contributed by atoms with van der Waals surface area (Å²) in [4.78, 5) is 11.0. The van der Waals surface area contributed by atoms with Crippen LogP contribution in [-0.2, 0) is 37.3 Å². The average molecular weight is 458 g/mol. The van der Waals surface area contributed by atoms with E-state index in [1.54, 1.807) is 6.92 Å². The summed E-state index contributed by atoms with van der Waals surface area (Å²) in [7, 11) is 0. The van der Waals surface area contributed by atoms with Crippen molar-refractivity contribution in [3.63, 3.8) is 0 Å². The van der Waals surface area contributed by atoms with Crippen molar-refractivity contribution in [1.82, 2.24) is 5.32 Å². The van der Waals surface area contributed by atoms with Gasteiger partial charge in [-0.1, -0.05) is 0 Å². The number of aliphatic carboxylic acids is 1. The fraction of sp³-hybridized carbons (Fsp3) is 0.562.